The number of anilines is 1. The van der Waals surface area contributed by atoms with Crippen molar-refractivity contribution in [3.63, 3.8) is 0 Å². The van der Waals surface area contributed by atoms with Crippen LogP contribution in [0.15, 0.2) is 62.6 Å². The van der Waals surface area contributed by atoms with Crippen molar-refractivity contribution >= 4 is 30.0 Å². The third-order valence-electron chi connectivity index (χ3n) is 6.49. The van der Waals surface area contributed by atoms with Gasteiger partial charge in [0.25, 0.3) is 0 Å². The number of piperazine rings is 1. The molecule has 0 saturated carbocycles. The van der Waals surface area contributed by atoms with Crippen molar-refractivity contribution < 1.29 is 4.42 Å². The Balaban J connectivity index is 0.00000176. The molecule has 3 heterocycles. The second-order valence-electron chi connectivity index (χ2n) is 8.89. The van der Waals surface area contributed by atoms with Crippen LogP contribution in [0.25, 0.3) is 5.70 Å². The first-order valence-electron chi connectivity index (χ1n) is 12.2. The summed E-state index contributed by atoms with van der Waals surface area (Å²) in [6.07, 6.45) is 2.93. The summed E-state index contributed by atoms with van der Waals surface area (Å²) in [4.78, 5) is 15.8. The van der Waals surface area contributed by atoms with Crippen molar-refractivity contribution in [1.82, 2.24) is 9.80 Å². The minimum Gasteiger partial charge on any atom is -0.459 e. The molecule has 1 aromatic heterocycles. The lowest BCUT2D eigenvalue weighted by atomic mass is 10.1. The minimum absolute atomic E-state index is 0.339. The largest absolute Gasteiger partial charge is 0.459 e. The van der Waals surface area contributed by atoms with E-state index in [0.717, 1.165) is 67.4 Å². The SMILES string of the molecule is C=N/C(=C(/C)C=Nc1ccc(N2CCN(C)CC2)cc1)c1cc2c(o1)CCN(C(=C)CC#N)C2.CN. The molecule has 8 nitrogen and oxygen atoms in total. The van der Waals surface area contributed by atoms with E-state index in [0.29, 0.717) is 24.4 Å². The fourth-order valence-electron chi connectivity index (χ4n) is 4.37. The van der Waals surface area contributed by atoms with Crippen LogP contribution < -0.4 is 10.6 Å². The third-order valence-corrected chi connectivity index (χ3v) is 6.49. The molecule has 0 atom stereocenters. The van der Waals surface area contributed by atoms with E-state index in [9.17, 15) is 0 Å². The third kappa shape index (κ3) is 6.51. The molecule has 8 heteroatoms. The lowest BCUT2D eigenvalue weighted by Gasteiger charge is -2.34. The van der Waals surface area contributed by atoms with Gasteiger partial charge in [-0.05, 0) is 63.6 Å². The second kappa shape index (κ2) is 12.9. The van der Waals surface area contributed by atoms with Crippen LogP contribution in [0.1, 0.15) is 30.4 Å². The zero-order valence-corrected chi connectivity index (χ0v) is 21.7. The van der Waals surface area contributed by atoms with Gasteiger partial charge in [0.2, 0.25) is 0 Å². The number of benzene rings is 1. The molecular weight excluding hydrogens is 450 g/mol. The molecule has 0 aliphatic carbocycles. The number of likely N-dealkylation sites (N-methyl/N-ethyl adjacent to an activating group) is 1. The van der Waals surface area contributed by atoms with Gasteiger partial charge in [0.1, 0.15) is 11.5 Å². The van der Waals surface area contributed by atoms with Gasteiger partial charge >= 0.3 is 0 Å². The standard InChI is InChI=1S/C27H32N6O.CH5N/c1-20(18-30-23-5-7-24(8-6-23)32-15-13-31(4)14-16-32)27(29-3)26-17-22-19-33(21(2)9-11-28)12-10-25(22)34-26;1-2/h5-8,17-18H,2-3,9-10,12-16,19H2,1,4H3;2H2,1H3/b27-20-,30-18?;. The van der Waals surface area contributed by atoms with Gasteiger partial charge in [-0.25, -0.2) is 0 Å². The maximum Gasteiger partial charge on any atom is 0.153 e. The highest BCUT2D eigenvalue weighted by molar-refractivity contribution is 5.91. The van der Waals surface area contributed by atoms with E-state index in [4.69, 9.17) is 9.68 Å². The summed E-state index contributed by atoms with van der Waals surface area (Å²) in [5.41, 5.74) is 10.2. The van der Waals surface area contributed by atoms with E-state index < -0.39 is 0 Å². The van der Waals surface area contributed by atoms with Gasteiger partial charge in [0.05, 0.1) is 18.2 Å². The molecule has 2 aliphatic rings. The molecule has 2 N–H and O–H groups in total. The Bertz CT molecular complexity index is 1150. The molecule has 0 bridgehead atoms. The van der Waals surface area contributed by atoms with Crippen molar-refractivity contribution in [2.24, 2.45) is 15.7 Å². The number of fused-ring (bicyclic) bond motifs is 1. The number of nitrogens with two attached hydrogens (primary N) is 1. The fourth-order valence-corrected chi connectivity index (χ4v) is 4.37. The summed E-state index contributed by atoms with van der Waals surface area (Å²) in [7, 11) is 3.66. The minimum atomic E-state index is 0.339. The number of nitrogens with zero attached hydrogens (tertiary/aromatic N) is 6. The molecule has 0 spiro atoms. The normalized spacial score (nSPS) is 16.5. The van der Waals surface area contributed by atoms with Gasteiger partial charge in [-0.2, -0.15) is 5.26 Å². The van der Waals surface area contributed by atoms with E-state index in [1.165, 1.54) is 12.7 Å². The van der Waals surface area contributed by atoms with Gasteiger partial charge in [0, 0.05) is 68.9 Å². The van der Waals surface area contributed by atoms with Crippen LogP contribution in [0.2, 0.25) is 0 Å². The second-order valence-corrected chi connectivity index (χ2v) is 8.89. The van der Waals surface area contributed by atoms with Crippen molar-refractivity contribution in [3.05, 3.63) is 65.3 Å². The summed E-state index contributed by atoms with van der Waals surface area (Å²) in [6, 6.07) is 12.6. The van der Waals surface area contributed by atoms with Gasteiger partial charge in [-0.15, -0.1) is 0 Å². The van der Waals surface area contributed by atoms with Crippen LogP contribution in [0.3, 0.4) is 0 Å². The Hall–Kier alpha value is -3.67. The first-order chi connectivity index (χ1) is 17.5. The van der Waals surface area contributed by atoms with Crippen molar-refractivity contribution in [2.45, 2.75) is 26.3 Å². The Kier molecular flexibility index (Phi) is 9.62. The van der Waals surface area contributed by atoms with Crippen LogP contribution >= 0.6 is 0 Å². The van der Waals surface area contributed by atoms with Crippen LogP contribution in [0.4, 0.5) is 11.4 Å². The van der Waals surface area contributed by atoms with Crippen molar-refractivity contribution in [3.8, 4) is 6.07 Å². The summed E-state index contributed by atoms with van der Waals surface area (Å²) >= 11 is 0. The van der Waals surface area contributed by atoms with Gasteiger partial charge in [0.15, 0.2) is 5.76 Å². The molecule has 0 unspecified atom stereocenters. The molecule has 4 rings (SSSR count). The topological polar surface area (TPSA) is 97.4 Å². The monoisotopic (exact) mass is 487 g/mol. The number of hydrogen-bond acceptors (Lipinski definition) is 8. The number of nitriles is 1. The molecular formula is C28H37N7O. The Morgan fingerprint density at radius 1 is 1.17 bits per heavy atom. The molecule has 190 valence electrons. The number of aliphatic imine (C=N–C) groups is 2. The summed E-state index contributed by atoms with van der Waals surface area (Å²) in [5.74, 6) is 1.66. The van der Waals surface area contributed by atoms with Crippen LogP contribution in [-0.2, 0) is 13.0 Å². The van der Waals surface area contributed by atoms with Crippen LogP contribution in [0.5, 0.6) is 0 Å². The van der Waals surface area contributed by atoms with Crippen LogP contribution in [0, 0.1) is 11.3 Å². The van der Waals surface area contributed by atoms with E-state index in [1.54, 1.807) is 0 Å². The fraction of sp³-hybridized carbons (Fsp3) is 0.393. The predicted molar refractivity (Wildman–Crippen MR) is 149 cm³/mol. The lowest BCUT2D eigenvalue weighted by molar-refractivity contribution is 0.299. The molecule has 2 aliphatic heterocycles. The summed E-state index contributed by atoms with van der Waals surface area (Å²) in [5, 5.41) is 8.95. The number of allylic oxidation sites excluding steroid dienone is 2. The highest BCUT2D eigenvalue weighted by Crippen LogP contribution is 2.30. The van der Waals surface area contributed by atoms with Gasteiger partial charge < -0.3 is 24.9 Å². The summed E-state index contributed by atoms with van der Waals surface area (Å²) < 4.78 is 6.13. The van der Waals surface area contributed by atoms with Gasteiger partial charge in [-0.1, -0.05) is 6.58 Å². The predicted octanol–water partition coefficient (Wildman–Crippen LogP) is 4.23. The molecule has 1 aromatic carbocycles. The maximum absolute atomic E-state index is 8.95. The number of rotatable bonds is 7. The van der Waals surface area contributed by atoms with Crippen molar-refractivity contribution in [2.75, 3.05) is 51.7 Å². The number of hydrogen-bond donors (Lipinski definition) is 1. The first kappa shape index (κ1) is 26.9. The zero-order chi connectivity index (χ0) is 26.1. The Labute approximate surface area is 214 Å². The average molecular weight is 488 g/mol. The van der Waals surface area contributed by atoms with Gasteiger partial charge in [-0.3, -0.25) is 9.98 Å². The number of furan rings is 1. The van der Waals surface area contributed by atoms with E-state index in [2.05, 4.69) is 69.0 Å². The Morgan fingerprint density at radius 2 is 1.86 bits per heavy atom. The molecule has 1 fully saturated rings. The first-order valence-corrected chi connectivity index (χ1v) is 12.2. The maximum atomic E-state index is 8.95. The molecule has 0 radical (unpaired) electrons. The molecule has 0 amide bonds. The van der Waals surface area contributed by atoms with E-state index >= 15 is 0 Å². The Morgan fingerprint density at radius 3 is 2.50 bits per heavy atom. The molecule has 36 heavy (non-hydrogen) atoms. The zero-order valence-electron chi connectivity index (χ0n) is 21.7. The average Bonchev–Trinajstić information content (AvgIpc) is 3.33. The highest BCUT2D eigenvalue weighted by Gasteiger charge is 2.23. The quantitative estimate of drug-likeness (QED) is 0.587. The lowest BCUT2D eigenvalue weighted by Crippen LogP contribution is -2.44. The molecule has 2 aromatic rings. The van der Waals surface area contributed by atoms with Crippen molar-refractivity contribution in [1.29, 1.82) is 5.26 Å². The smallest absolute Gasteiger partial charge is 0.153 e. The molecule has 1 saturated heterocycles. The highest BCUT2D eigenvalue weighted by atomic mass is 16.3. The summed E-state index contributed by atoms with van der Waals surface area (Å²) in [6.45, 7) is 15.5. The van der Waals surface area contributed by atoms with E-state index in [-0.39, 0.29) is 0 Å². The van der Waals surface area contributed by atoms with Crippen LogP contribution in [-0.4, -0.2) is 69.6 Å². The van der Waals surface area contributed by atoms with E-state index in [1.807, 2.05) is 31.3 Å².